The number of benzene rings is 1. The Kier molecular flexibility index (Phi) is 6.37. The predicted molar refractivity (Wildman–Crippen MR) is 122 cm³/mol. The van der Waals surface area contributed by atoms with Crippen molar-refractivity contribution in [2.75, 3.05) is 37.8 Å². The van der Waals surface area contributed by atoms with Crippen LogP contribution in [0.4, 0.5) is 5.69 Å². The van der Waals surface area contributed by atoms with E-state index in [1.807, 2.05) is 0 Å². The van der Waals surface area contributed by atoms with Crippen LogP contribution in [0.2, 0.25) is 0 Å². The summed E-state index contributed by atoms with van der Waals surface area (Å²) in [7, 11) is 0. The number of pyridine rings is 1. The molecule has 3 heterocycles. The smallest absolute Gasteiger partial charge is 0.138 e. The van der Waals surface area contributed by atoms with Gasteiger partial charge in [-0.25, -0.2) is 4.98 Å². The third kappa shape index (κ3) is 4.51. The fourth-order valence-electron chi connectivity index (χ4n) is 3.94. The minimum Gasteiger partial charge on any atom is -0.395 e. The highest BCUT2D eigenvalue weighted by molar-refractivity contribution is 5.89. The van der Waals surface area contributed by atoms with Gasteiger partial charge in [0.25, 0.3) is 0 Å². The molecule has 0 aliphatic carbocycles. The van der Waals surface area contributed by atoms with Gasteiger partial charge in [0.2, 0.25) is 0 Å². The Bertz CT molecular complexity index is 1050. The molecule has 4 rings (SSSR count). The molecule has 1 fully saturated rings. The van der Waals surface area contributed by atoms with Gasteiger partial charge >= 0.3 is 0 Å². The summed E-state index contributed by atoms with van der Waals surface area (Å²) in [6.07, 6.45) is 3.24. The molecule has 1 saturated heterocycles. The Labute approximate surface area is 178 Å². The molecule has 0 bridgehead atoms. The number of nitrogens with zero attached hydrogens (tertiary/aromatic N) is 2. The molecule has 0 spiro atoms. The lowest BCUT2D eigenvalue weighted by atomic mass is 9.97. The number of aliphatic hydroxyl groups is 1. The summed E-state index contributed by atoms with van der Waals surface area (Å²) in [6.45, 7) is 8.01. The first-order valence-electron chi connectivity index (χ1n) is 10.7. The van der Waals surface area contributed by atoms with E-state index in [1.165, 1.54) is 16.8 Å². The zero-order chi connectivity index (χ0) is 20.9. The van der Waals surface area contributed by atoms with E-state index in [1.54, 1.807) is 6.20 Å². The van der Waals surface area contributed by atoms with E-state index in [9.17, 15) is 0 Å². The van der Waals surface area contributed by atoms with Gasteiger partial charge in [0.05, 0.1) is 25.5 Å². The molecule has 0 saturated carbocycles. The lowest BCUT2D eigenvalue weighted by Gasteiger charge is -2.28. The van der Waals surface area contributed by atoms with Crippen LogP contribution in [0.1, 0.15) is 31.4 Å². The summed E-state index contributed by atoms with van der Waals surface area (Å²) >= 11 is 0. The van der Waals surface area contributed by atoms with Gasteiger partial charge in [-0.05, 0) is 41.7 Å². The van der Waals surface area contributed by atoms with Crippen molar-refractivity contribution in [1.82, 2.24) is 9.97 Å². The monoisotopic (exact) mass is 403 g/mol. The van der Waals surface area contributed by atoms with Crippen LogP contribution in [-0.2, 0) is 11.2 Å². The number of rotatable bonds is 5. The maximum absolute atomic E-state index is 8.96. The van der Waals surface area contributed by atoms with Gasteiger partial charge in [0, 0.05) is 42.3 Å². The number of aromatic amines is 1. The number of nitrogens with one attached hydrogen (secondary N) is 1. The van der Waals surface area contributed by atoms with Crippen molar-refractivity contribution >= 4 is 16.7 Å². The van der Waals surface area contributed by atoms with E-state index in [2.05, 4.69) is 70.9 Å². The molecular weight excluding hydrogens is 374 g/mol. The van der Waals surface area contributed by atoms with Gasteiger partial charge in [-0.15, -0.1) is 0 Å². The molecule has 2 aromatic heterocycles. The van der Waals surface area contributed by atoms with Gasteiger partial charge in [-0.2, -0.15) is 0 Å². The molecule has 1 aromatic carbocycles. The fraction of sp³-hybridized carbons (Fsp3) is 0.400. The average Bonchev–Trinajstić information content (AvgIpc) is 3.12. The van der Waals surface area contributed by atoms with Crippen molar-refractivity contribution in [3.8, 4) is 23.1 Å². The van der Waals surface area contributed by atoms with Crippen LogP contribution < -0.4 is 4.90 Å². The van der Waals surface area contributed by atoms with Crippen LogP contribution in [-0.4, -0.2) is 48.0 Å². The zero-order valence-electron chi connectivity index (χ0n) is 17.7. The molecular formula is C25H29N3O2. The highest BCUT2D eigenvalue weighted by atomic mass is 16.5. The van der Waals surface area contributed by atoms with Crippen LogP contribution in [0.15, 0.2) is 36.5 Å². The van der Waals surface area contributed by atoms with Crippen molar-refractivity contribution in [3.05, 3.63) is 47.7 Å². The zero-order valence-corrected chi connectivity index (χ0v) is 17.7. The fourth-order valence-corrected chi connectivity index (χ4v) is 3.94. The van der Waals surface area contributed by atoms with E-state index in [0.717, 1.165) is 55.0 Å². The number of fused-ring (bicyclic) bond motifs is 1. The topological polar surface area (TPSA) is 61.4 Å². The summed E-state index contributed by atoms with van der Waals surface area (Å²) in [4.78, 5) is 10.5. The number of morpholine rings is 1. The Morgan fingerprint density at radius 1 is 1.20 bits per heavy atom. The SMILES string of the molecule is CC(C)Cc1c(-c2ccc(N3CCOCC3)cc2)[nH]c2ncc(C#CCCO)cc12. The number of hydrogen-bond acceptors (Lipinski definition) is 4. The minimum atomic E-state index is 0.0794. The van der Waals surface area contributed by atoms with Crippen LogP contribution in [0.3, 0.4) is 0 Å². The van der Waals surface area contributed by atoms with Crippen molar-refractivity contribution in [2.24, 2.45) is 5.92 Å². The number of hydrogen-bond donors (Lipinski definition) is 2. The maximum atomic E-state index is 8.96. The van der Waals surface area contributed by atoms with E-state index >= 15 is 0 Å². The molecule has 0 unspecified atom stereocenters. The molecule has 156 valence electrons. The predicted octanol–water partition coefficient (Wildman–Crippen LogP) is 4.00. The number of anilines is 1. The van der Waals surface area contributed by atoms with Crippen LogP contribution in [0, 0.1) is 17.8 Å². The molecule has 0 amide bonds. The van der Waals surface area contributed by atoms with Crippen LogP contribution in [0.5, 0.6) is 0 Å². The first-order chi connectivity index (χ1) is 14.7. The summed E-state index contributed by atoms with van der Waals surface area (Å²) < 4.78 is 5.47. The normalized spacial score (nSPS) is 14.2. The average molecular weight is 404 g/mol. The van der Waals surface area contributed by atoms with Gasteiger partial charge in [-0.3, -0.25) is 0 Å². The van der Waals surface area contributed by atoms with Gasteiger partial charge < -0.3 is 19.7 Å². The van der Waals surface area contributed by atoms with Crippen LogP contribution in [0.25, 0.3) is 22.3 Å². The summed E-state index contributed by atoms with van der Waals surface area (Å²) in [5, 5.41) is 10.1. The molecule has 1 aliphatic heterocycles. The molecule has 5 nitrogen and oxygen atoms in total. The highest BCUT2D eigenvalue weighted by Crippen LogP contribution is 2.33. The first-order valence-corrected chi connectivity index (χ1v) is 10.7. The highest BCUT2D eigenvalue weighted by Gasteiger charge is 2.17. The van der Waals surface area contributed by atoms with Gasteiger partial charge in [-0.1, -0.05) is 37.8 Å². The van der Waals surface area contributed by atoms with Crippen molar-refractivity contribution in [1.29, 1.82) is 0 Å². The third-order valence-electron chi connectivity index (χ3n) is 5.37. The maximum Gasteiger partial charge on any atom is 0.138 e. The number of aliphatic hydroxyl groups excluding tert-OH is 1. The van der Waals surface area contributed by atoms with E-state index in [0.29, 0.717) is 12.3 Å². The largest absolute Gasteiger partial charge is 0.395 e. The van der Waals surface area contributed by atoms with Crippen molar-refractivity contribution < 1.29 is 9.84 Å². The molecule has 5 heteroatoms. The third-order valence-corrected chi connectivity index (χ3v) is 5.37. The molecule has 3 aromatic rings. The Morgan fingerprint density at radius 3 is 2.67 bits per heavy atom. The summed E-state index contributed by atoms with van der Waals surface area (Å²) in [5.41, 5.74) is 6.62. The molecule has 2 N–H and O–H groups in total. The molecule has 1 aliphatic rings. The Balaban J connectivity index is 1.71. The van der Waals surface area contributed by atoms with Crippen molar-refractivity contribution in [2.45, 2.75) is 26.7 Å². The quantitative estimate of drug-likeness (QED) is 0.632. The van der Waals surface area contributed by atoms with Crippen molar-refractivity contribution in [3.63, 3.8) is 0 Å². The number of H-pyrrole nitrogens is 1. The number of ether oxygens (including phenoxy) is 1. The van der Waals surface area contributed by atoms with E-state index < -0.39 is 0 Å². The number of aromatic nitrogens is 2. The standard InChI is InChI=1S/C25H29N3O2/c1-18(2)15-22-23-16-19(5-3-4-12-29)17-26-25(23)27-24(22)20-6-8-21(9-7-20)28-10-13-30-14-11-28/h6-9,16-18,29H,4,10-15H2,1-2H3,(H,26,27). The van der Waals surface area contributed by atoms with E-state index in [4.69, 9.17) is 9.84 Å². The summed E-state index contributed by atoms with van der Waals surface area (Å²) in [5.74, 6) is 6.62. The minimum absolute atomic E-state index is 0.0794. The second-order valence-electron chi connectivity index (χ2n) is 8.12. The van der Waals surface area contributed by atoms with E-state index in [-0.39, 0.29) is 6.61 Å². The van der Waals surface area contributed by atoms with Crippen LogP contribution >= 0.6 is 0 Å². The van der Waals surface area contributed by atoms with Gasteiger partial charge in [0.15, 0.2) is 0 Å². The second kappa shape index (κ2) is 9.34. The Morgan fingerprint density at radius 2 is 1.97 bits per heavy atom. The molecule has 0 atom stereocenters. The second-order valence-corrected chi connectivity index (χ2v) is 8.12. The lowest BCUT2D eigenvalue weighted by Crippen LogP contribution is -2.36. The Hall–Kier alpha value is -2.81. The van der Waals surface area contributed by atoms with Gasteiger partial charge in [0.1, 0.15) is 5.65 Å². The molecule has 0 radical (unpaired) electrons. The summed E-state index contributed by atoms with van der Waals surface area (Å²) in [6, 6.07) is 10.9. The lowest BCUT2D eigenvalue weighted by molar-refractivity contribution is 0.122. The molecule has 30 heavy (non-hydrogen) atoms. The first kappa shape index (κ1) is 20.5.